The number of nitrogens with zero attached hydrogens (tertiary/aromatic N) is 3. The van der Waals surface area contributed by atoms with E-state index in [2.05, 4.69) is 4.98 Å². The highest BCUT2D eigenvalue weighted by Gasteiger charge is 2.13. The summed E-state index contributed by atoms with van der Waals surface area (Å²) < 4.78 is 7.18. The predicted octanol–water partition coefficient (Wildman–Crippen LogP) is 2.24. The van der Waals surface area contributed by atoms with Crippen LogP contribution in [0.25, 0.3) is 11.0 Å². The summed E-state index contributed by atoms with van der Waals surface area (Å²) in [6, 6.07) is 15.0. The van der Waals surface area contributed by atoms with E-state index in [9.17, 15) is 9.59 Å². The van der Waals surface area contributed by atoms with Gasteiger partial charge in [0.05, 0.1) is 23.8 Å². The number of aromatic nitrogens is 2. The van der Waals surface area contributed by atoms with Crippen molar-refractivity contribution in [3.63, 3.8) is 0 Å². The van der Waals surface area contributed by atoms with Gasteiger partial charge in [0.15, 0.2) is 0 Å². The SMILES string of the molecule is Cc1ccccc1OCCN(C)C(=O)Cn1c(=O)cnc2ccccc21. The smallest absolute Gasteiger partial charge is 0.269 e. The Hall–Kier alpha value is -3.15. The maximum atomic E-state index is 12.5. The van der Waals surface area contributed by atoms with Crippen LogP contribution in [0.15, 0.2) is 59.5 Å². The number of rotatable bonds is 6. The minimum atomic E-state index is -0.290. The number of para-hydroxylation sites is 3. The van der Waals surface area contributed by atoms with E-state index in [1.165, 1.54) is 10.8 Å². The zero-order chi connectivity index (χ0) is 18.5. The van der Waals surface area contributed by atoms with Crippen molar-refractivity contribution in [1.29, 1.82) is 0 Å². The molecular weight excluding hydrogens is 330 g/mol. The second kappa shape index (κ2) is 7.82. The molecule has 1 amide bonds. The Morgan fingerprint density at radius 2 is 1.88 bits per heavy atom. The monoisotopic (exact) mass is 351 g/mol. The third kappa shape index (κ3) is 3.91. The Morgan fingerprint density at radius 3 is 2.69 bits per heavy atom. The molecule has 0 aliphatic rings. The highest BCUT2D eigenvalue weighted by Crippen LogP contribution is 2.15. The van der Waals surface area contributed by atoms with Gasteiger partial charge < -0.3 is 9.64 Å². The van der Waals surface area contributed by atoms with Crippen molar-refractivity contribution >= 4 is 16.9 Å². The lowest BCUT2D eigenvalue weighted by Gasteiger charge is -2.19. The molecule has 0 fully saturated rings. The average molecular weight is 351 g/mol. The van der Waals surface area contributed by atoms with Gasteiger partial charge >= 0.3 is 0 Å². The lowest BCUT2D eigenvalue weighted by atomic mass is 10.2. The van der Waals surface area contributed by atoms with Crippen molar-refractivity contribution in [2.45, 2.75) is 13.5 Å². The van der Waals surface area contributed by atoms with Crippen LogP contribution in [0.2, 0.25) is 0 Å². The Labute approximate surface area is 151 Å². The molecule has 0 saturated heterocycles. The molecule has 0 atom stereocenters. The lowest BCUT2D eigenvalue weighted by Crippen LogP contribution is -2.36. The molecule has 0 saturated carbocycles. The lowest BCUT2D eigenvalue weighted by molar-refractivity contribution is -0.130. The number of fused-ring (bicyclic) bond motifs is 1. The van der Waals surface area contributed by atoms with Crippen molar-refractivity contribution in [2.75, 3.05) is 20.2 Å². The number of hydrogen-bond acceptors (Lipinski definition) is 4. The molecule has 6 nitrogen and oxygen atoms in total. The first-order valence-corrected chi connectivity index (χ1v) is 8.43. The quantitative estimate of drug-likeness (QED) is 0.683. The Morgan fingerprint density at radius 1 is 1.15 bits per heavy atom. The van der Waals surface area contributed by atoms with Crippen LogP contribution in [-0.4, -0.2) is 40.6 Å². The third-order valence-electron chi connectivity index (χ3n) is 4.25. The van der Waals surface area contributed by atoms with Gasteiger partial charge in [0.2, 0.25) is 5.91 Å². The molecule has 1 aromatic heterocycles. The molecule has 1 heterocycles. The van der Waals surface area contributed by atoms with Gasteiger partial charge in [-0.15, -0.1) is 0 Å². The number of ether oxygens (including phenoxy) is 1. The third-order valence-corrected chi connectivity index (χ3v) is 4.25. The predicted molar refractivity (Wildman–Crippen MR) is 100 cm³/mol. The molecule has 0 N–H and O–H groups in total. The molecule has 0 aliphatic carbocycles. The van der Waals surface area contributed by atoms with Gasteiger partial charge in [0, 0.05) is 7.05 Å². The van der Waals surface area contributed by atoms with Gasteiger partial charge in [0.1, 0.15) is 18.9 Å². The summed E-state index contributed by atoms with van der Waals surface area (Å²) in [5, 5.41) is 0. The summed E-state index contributed by atoms with van der Waals surface area (Å²) in [6.45, 7) is 2.78. The van der Waals surface area contributed by atoms with Crippen LogP contribution in [0.1, 0.15) is 5.56 Å². The molecule has 3 aromatic rings. The van der Waals surface area contributed by atoms with E-state index in [0.717, 1.165) is 11.3 Å². The molecule has 0 aliphatic heterocycles. The van der Waals surface area contributed by atoms with E-state index in [1.54, 1.807) is 18.0 Å². The fraction of sp³-hybridized carbons (Fsp3) is 0.250. The van der Waals surface area contributed by atoms with Crippen LogP contribution in [0.4, 0.5) is 0 Å². The second-order valence-electron chi connectivity index (χ2n) is 6.10. The number of carbonyl (C=O) groups excluding carboxylic acids is 1. The van der Waals surface area contributed by atoms with Crippen molar-refractivity contribution in [3.8, 4) is 5.75 Å². The maximum absolute atomic E-state index is 12.5. The fourth-order valence-electron chi connectivity index (χ4n) is 2.67. The van der Waals surface area contributed by atoms with Crippen molar-refractivity contribution in [1.82, 2.24) is 14.5 Å². The van der Waals surface area contributed by atoms with E-state index in [1.807, 2.05) is 49.4 Å². The number of carbonyl (C=O) groups is 1. The van der Waals surface area contributed by atoms with Crippen LogP contribution in [-0.2, 0) is 11.3 Å². The van der Waals surface area contributed by atoms with E-state index in [4.69, 9.17) is 4.74 Å². The Balaban J connectivity index is 1.64. The first kappa shape index (κ1) is 17.7. The molecule has 0 spiro atoms. The first-order chi connectivity index (χ1) is 12.6. The molecular formula is C20H21N3O3. The van der Waals surface area contributed by atoms with Gasteiger partial charge in [-0.05, 0) is 30.7 Å². The normalized spacial score (nSPS) is 10.7. The van der Waals surface area contributed by atoms with Gasteiger partial charge in [-0.2, -0.15) is 0 Å². The minimum absolute atomic E-state index is 0.0251. The number of aryl methyl sites for hydroxylation is 1. The summed E-state index contributed by atoms with van der Waals surface area (Å²) >= 11 is 0. The van der Waals surface area contributed by atoms with E-state index >= 15 is 0 Å². The highest BCUT2D eigenvalue weighted by molar-refractivity contribution is 5.79. The second-order valence-corrected chi connectivity index (χ2v) is 6.10. The molecule has 3 rings (SSSR count). The van der Waals surface area contributed by atoms with E-state index < -0.39 is 0 Å². The number of likely N-dealkylation sites (N-methyl/N-ethyl adjacent to an activating group) is 1. The maximum Gasteiger partial charge on any atom is 0.269 e. The van der Waals surface area contributed by atoms with Crippen molar-refractivity contribution in [2.24, 2.45) is 0 Å². The molecule has 26 heavy (non-hydrogen) atoms. The van der Waals surface area contributed by atoms with Crippen LogP contribution < -0.4 is 10.3 Å². The van der Waals surface area contributed by atoms with Crippen molar-refractivity contribution in [3.05, 3.63) is 70.6 Å². The van der Waals surface area contributed by atoms with Crippen LogP contribution >= 0.6 is 0 Å². The van der Waals surface area contributed by atoms with E-state index in [-0.39, 0.29) is 18.0 Å². The summed E-state index contributed by atoms with van der Waals surface area (Å²) in [5.41, 5.74) is 2.10. The van der Waals surface area contributed by atoms with Gasteiger partial charge in [-0.3, -0.25) is 14.2 Å². The van der Waals surface area contributed by atoms with Gasteiger partial charge in [-0.25, -0.2) is 4.98 Å². The minimum Gasteiger partial charge on any atom is -0.491 e. The number of hydrogen-bond donors (Lipinski definition) is 0. The fourth-order valence-corrected chi connectivity index (χ4v) is 2.67. The number of amides is 1. The standard InChI is InChI=1S/C20H21N3O3/c1-15-7-3-6-10-18(15)26-12-11-22(2)20(25)14-23-17-9-5-4-8-16(17)21-13-19(23)24/h3-10,13H,11-12,14H2,1-2H3. The molecule has 0 bridgehead atoms. The zero-order valence-electron chi connectivity index (χ0n) is 14.9. The van der Waals surface area contributed by atoms with Crippen molar-refractivity contribution < 1.29 is 9.53 Å². The Bertz CT molecular complexity index is 981. The first-order valence-electron chi connectivity index (χ1n) is 8.43. The summed E-state index contributed by atoms with van der Waals surface area (Å²) in [6.07, 6.45) is 1.25. The van der Waals surface area contributed by atoms with Crippen LogP contribution in [0, 0.1) is 6.92 Å². The largest absolute Gasteiger partial charge is 0.491 e. The average Bonchev–Trinajstić information content (AvgIpc) is 2.65. The summed E-state index contributed by atoms with van der Waals surface area (Å²) in [4.78, 5) is 30.3. The molecule has 2 aromatic carbocycles. The molecule has 6 heteroatoms. The van der Waals surface area contributed by atoms with E-state index in [0.29, 0.717) is 24.2 Å². The van der Waals surface area contributed by atoms with Crippen LogP contribution in [0.5, 0.6) is 5.75 Å². The summed E-state index contributed by atoms with van der Waals surface area (Å²) in [7, 11) is 1.71. The van der Waals surface area contributed by atoms with Gasteiger partial charge in [0.25, 0.3) is 5.56 Å². The zero-order valence-corrected chi connectivity index (χ0v) is 14.9. The molecule has 0 radical (unpaired) electrons. The summed E-state index contributed by atoms with van der Waals surface area (Å²) in [5.74, 6) is 0.654. The molecule has 134 valence electrons. The Kier molecular flexibility index (Phi) is 5.31. The highest BCUT2D eigenvalue weighted by atomic mass is 16.5. The topological polar surface area (TPSA) is 64.4 Å². The number of benzene rings is 2. The molecule has 0 unspecified atom stereocenters. The van der Waals surface area contributed by atoms with Crippen LogP contribution in [0.3, 0.4) is 0 Å². The van der Waals surface area contributed by atoms with Gasteiger partial charge in [-0.1, -0.05) is 30.3 Å².